The van der Waals surface area contributed by atoms with Crippen molar-refractivity contribution >= 4 is 54.8 Å². The predicted octanol–water partition coefficient (Wildman–Crippen LogP) is 3.52. The van der Waals surface area contributed by atoms with E-state index >= 15 is 0 Å². The second-order valence-corrected chi connectivity index (χ2v) is 8.65. The van der Waals surface area contributed by atoms with E-state index < -0.39 is 22.5 Å². The van der Waals surface area contributed by atoms with Gasteiger partial charge in [-0.05, 0) is 46.3 Å². The van der Waals surface area contributed by atoms with Crippen molar-refractivity contribution < 1.29 is 22.7 Å². The number of halogens is 2. The van der Waals surface area contributed by atoms with Gasteiger partial charge in [0.2, 0.25) is 15.9 Å². The lowest BCUT2D eigenvalue weighted by Crippen LogP contribution is -2.37. The zero-order valence-electron chi connectivity index (χ0n) is 14.8. The summed E-state index contributed by atoms with van der Waals surface area (Å²) in [6.45, 7) is -0.415. The zero-order valence-corrected chi connectivity index (χ0v) is 18.0. The minimum atomic E-state index is -3.72. The first-order chi connectivity index (χ1) is 12.7. The van der Waals surface area contributed by atoms with Crippen molar-refractivity contribution in [2.24, 2.45) is 0 Å². The Kier molecular flexibility index (Phi) is 6.96. The molecule has 0 saturated carbocycles. The molecule has 0 aliphatic heterocycles. The van der Waals surface area contributed by atoms with Gasteiger partial charge in [0.1, 0.15) is 6.54 Å². The molecule has 2 rings (SSSR count). The first kappa shape index (κ1) is 21.3. The van der Waals surface area contributed by atoms with Crippen molar-refractivity contribution in [3.8, 4) is 11.5 Å². The van der Waals surface area contributed by atoms with Crippen LogP contribution in [0.3, 0.4) is 0 Å². The Bertz CT molecular complexity index is 952. The van der Waals surface area contributed by atoms with E-state index in [9.17, 15) is 13.2 Å². The van der Waals surface area contributed by atoms with Crippen molar-refractivity contribution in [1.82, 2.24) is 0 Å². The van der Waals surface area contributed by atoms with Crippen molar-refractivity contribution in [1.29, 1.82) is 0 Å². The Labute approximate surface area is 171 Å². The van der Waals surface area contributed by atoms with Crippen molar-refractivity contribution in [3.05, 3.63) is 45.9 Å². The summed E-state index contributed by atoms with van der Waals surface area (Å²) >= 11 is 9.27. The van der Waals surface area contributed by atoms with E-state index in [1.807, 2.05) is 0 Å². The van der Waals surface area contributed by atoms with Crippen LogP contribution in [0.1, 0.15) is 0 Å². The molecule has 2 aromatic rings. The fourth-order valence-corrected chi connectivity index (χ4v) is 3.56. The van der Waals surface area contributed by atoms with Crippen molar-refractivity contribution in [2.75, 3.05) is 36.6 Å². The second-order valence-electron chi connectivity index (χ2n) is 5.49. The molecule has 0 spiro atoms. The number of carbonyl (C=O) groups is 1. The van der Waals surface area contributed by atoms with E-state index in [0.29, 0.717) is 26.7 Å². The standard InChI is InChI=1S/C17H18BrClN2O5S/c1-25-15-7-5-12(9-16(15)26-2)21(27(3,23)24)10-17(22)20-11-4-6-13(18)14(19)8-11/h4-9H,10H2,1-3H3,(H,20,22). The molecule has 10 heteroatoms. The Morgan fingerprint density at radius 2 is 1.81 bits per heavy atom. The van der Waals surface area contributed by atoms with Gasteiger partial charge in [0, 0.05) is 16.2 Å². The predicted molar refractivity (Wildman–Crippen MR) is 110 cm³/mol. The largest absolute Gasteiger partial charge is 0.493 e. The van der Waals surface area contributed by atoms with E-state index in [4.69, 9.17) is 21.1 Å². The number of methoxy groups -OCH3 is 2. The highest BCUT2D eigenvalue weighted by atomic mass is 79.9. The van der Waals surface area contributed by atoms with Crippen LogP contribution in [-0.4, -0.2) is 41.3 Å². The number of nitrogens with one attached hydrogen (secondary N) is 1. The lowest BCUT2D eigenvalue weighted by Gasteiger charge is -2.23. The van der Waals surface area contributed by atoms with Crippen LogP contribution in [0.4, 0.5) is 11.4 Å². The summed E-state index contributed by atoms with van der Waals surface area (Å²) in [4.78, 5) is 12.4. The molecule has 0 atom stereocenters. The molecule has 0 aliphatic rings. The highest BCUT2D eigenvalue weighted by Crippen LogP contribution is 2.32. The molecular formula is C17H18BrClN2O5S. The van der Waals surface area contributed by atoms with Gasteiger partial charge in [-0.15, -0.1) is 0 Å². The van der Waals surface area contributed by atoms with Crippen LogP contribution in [-0.2, 0) is 14.8 Å². The minimum absolute atomic E-state index is 0.277. The van der Waals surface area contributed by atoms with Crippen LogP contribution in [0.15, 0.2) is 40.9 Å². The maximum atomic E-state index is 12.4. The number of hydrogen-bond acceptors (Lipinski definition) is 5. The molecule has 7 nitrogen and oxygen atoms in total. The summed E-state index contributed by atoms with van der Waals surface area (Å²) in [6, 6.07) is 9.48. The fourth-order valence-electron chi connectivity index (χ4n) is 2.28. The summed E-state index contributed by atoms with van der Waals surface area (Å²) < 4.78 is 36.4. The summed E-state index contributed by atoms with van der Waals surface area (Å²) in [5.74, 6) is 0.279. The van der Waals surface area contributed by atoms with Gasteiger partial charge in [0.25, 0.3) is 0 Å². The van der Waals surface area contributed by atoms with E-state index in [2.05, 4.69) is 21.2 Å². The van der Waals surface area contributed by atoms with Gasteiger partial charge in [-0.2, -0.15) is 0 Å². The molecule has 0 aromatic heterocycles. The number of anilines is 2. The molecular weight excluding hydrogens is 460 g/mol. The molecule has 0 fully saturated rings. The molecule has 146 valence electrons. The second kappa shape index (κ2) is 8.81. The molecule has 0 unspecified atom stereocenters. The first-order valence-electron chi connectivity index (χ1n) is 7.60. The topological polar surface area (TPSA) is 84.9 Å². The number of rotatable bonds is 7. The Balaban J connectivity index is 2.27. The normalized spacial score (nSPS) is 11.0. The Morgan fingerprint density at radius 1 is 1.15 bits per heavy atom. The third-order valence-corrected chi connectivity index (χ3v) is 5.92. The highest BCUT2D eigenvalue weighted by Gasteiger charge is 2.22. The van der Waals surface area contributed by atoms with Gasteiger partial charge in [0.15, 0.2) is 11.5 Å². The lowest BCUT2D eigenvalue weighted by molar-refractivity contribution is -0.114. The lowest BCUT2D eigenvalue weighted by atomic mass is 10.2. The number of ether oxygens (including phenoxy) is 2. The van der Waals surface area contributed by atoms with Gasteiger partial charge in [-0.3, -0.25) is 9.10 Å². The maximum absolute atomic E-state index is 12.4. The van der Waals surface area contributed by atoms with Crippen LogP contribution in [0.2, 0.25) is 5.02 Å². The van der Waals surface area contributed by atoms with Gasteiger partial charge >= 0.3 is 0 Å². The summed E-state index contributed by atoms with van der Waals surface area (Å²) in [6.07, 6.45) is 1.02. The van der Waals surface area contributed by atoms with Gasteiger partial charge < -0.3 is 14.8 Å². The van der Waals surface area contributed by atoms with Crippen molar-refractivity contribution in [2.45, 2.75) is 0 Å². The van der Waals surface area contributed by atoms with Crippen molar-refractivity contribution in [3.63, 3.8) is 0 Å². The Morgan fingerprint density at radius 3 is 2.37 bits per heavy atom. The van der Waals surface area contributed by atoms with Gasteiger partial charge in [-0.25, -0.2) is 8.42 Å². The van der Waals surface area contributed by atoms with E-state index in [0.717, 1.165) is 10.6 Å². The number of nitrogens with zero attached hydrogens (tertiary/aromatic N) is 1. The van der Waals surface area contributed by atoms with Gasteiger partial charge in [0.05, 0.1) is 31.2 Å². The highest BCUT2D eigenvalue weighted by molar-refractivity contribution is 9.10. The minimum Gasteiger partial charge on any atom is -0.493 e. The third kappa shape index (κ3) is 5.50. The molecule has 27 heavy (non-hydrogen) atoms. The monoisotopic (exact) mass is 476 g/mol. The zero-order chi connectivity index (χ0) is 20.2. The number of sulfonamides is 1. The van der Waals surface area contributed by atoms with Crippen LogP contribution in [0, 0.1) is 0 Å². The van der Waals surface area contributed by atoms with Crippen LogP contribution >= 0.6 is 27.5 Å². The number of carbonyl (C=O) groups excluding carboxylic acids is 1. The van der Waals surface area contributed by atoms with Crippen LogP contribution < -0.4 is 19.1 Å². The molecule has 2 aromatic carbocycles. The van der Waals surface area contributed by atoms with Crippen LogP contribution in [0.5, 0.6) is 11.5 Å². The quantitative estimate of drug-likeness (QED) is 0.659. The number of hydrogen-bond donors (Lipinski definition) is 1. The molecule has 1 amide bonds. The third-order valence-electron chi connectivity index (χ3n) is 3.55. The van der Waals surface area contributed by atoms with E-state index in [1.165, 1.54) is 26.4 Å². The molecule has 0 saturated heterocycles. The summed E-state index contributed by atoms with van der Waals surface area (Å²) in [5.41, 5.74) is 0.730. The molecule has 0 radical (unpaired) electrons. The number of benzene rings is 2. The average Bonchev–Trinajstić information content (AvgIpc) is 2.61. The van der Waals surface area contributed by atoms with E-state index in [-0.39, 0.29) is 5.69 Å². The van der Waals surface area contributed by atoms with E-state index in [1.54, 1.807) is 24.3 Å². The molecule has 0 heterocycles. The maximum Gasteiger partial charge on any atom is 0.245 e. The fraction of sp³-hybridized carbons (Fsp3) is 0.235. The number of amides is 1. The summed E-state index contributed by atoms with van der Waals surface area (Å²) in [5, 5.41) is 3.05. The smallest absolute Gasteiger partial charge is 0.245 e. The first-order valence-corrected chi connectivity index (χ1v) is 10.6. The SMILES string of the molecule is COc1ccc(N(CC(=O)Nc2ccc(Br)c(Cl)c2)S(C)(=O)=O)cc1OC. The molecule has 0 aliphatic carbocycles. The van der Waals surface area contributed by atoms with Gasteiger partial charge in [-0.1, -0.05) is 11.6 Å². The summed E-state index contributed by atoms with van der Waals surface area (Å²) in [7, 11) is -0.806. The molecule has 1 N–H and O–H groups in total. The Hall–Kier alpha value is -1.97. The average molecular weight is 478 g/mol. The van der Waals surface area contributed by atoms with Crippen LogP contribution in [0.25, 0.3) is 0 Å². The molecule has 0 bridgehead atoms.